The average molecular weight is 256 g/mol. The zero-order chi connectivity index (χ0) is 13.2. The number of rotatable bonds is 3. The third kappa shape index (κ3) is 1.99. The van der Waals surface area contributed by atoms with Crippen molar-refractivity contribution >= 4 is 11.7 Å². The van der Waals surface area contributed by atoms with E-state index in [2.05, 4.69) is 5.10 Å². The topological polar surface area (TPSA) is 77.8 Å². The third-order valence-corrected chi connectivity index (χ3v) is 3.12. The molecule has 0 unspecified atom stereocenters. The molecule has 2 N–H and O–H groups in total. The van der Waals surface area contributed by atoms with Gasteiger partial charge in [0, 0.05) is 12.0 Å². The van der Waals surface area contributed by atoms with Gasteiger partial charge in [-0.2, -0.15) is 5.10 Å². The number of nitrogens with zero attached hydrogens (tertiary/aromatic N) is 1. The minimum atomic E-state index is -0.365. The molecule has 1 aliphatic heterocycles. The number of fused-ring (bicyclic) bond motifs is 1. The molecule has 1 aromatic carbocycles. The van der Waals surface area contributed by atoms with Gasteiger partial charge in [-0.1, -0.05) is 18.2 Å². The van der Waals surface area contributed by atoms with Crippen molar-refractivity contribution in [3.8, 4) is 0 Å². The number of benzene rings is 1. The second kappa shape index (κ2) is 4.61. The lowest BCUT2D eigenvalue weighted by Gasteiger charge is -2.10. The number of carbonyl (C=O) groups excluding carboxylic acids is 1. The predicted octanol–water partition coefficient (Wildman–Crippen LogP) is 2.24. The fourth-order valence-corrected chi connectivity index (χ4v) is 2.21. The van der Waals surface area contributed by atoms with Gasteiger partial charge in [0.2, 0.25) is 0 Å². The molecule has 2 aromatic rings. The largest absolute Gasteiger partial charge is 0.463 e. The molecule has 0 saturated heterocycles. The van der Waals surface area contributed by atoms with E-state index in [1.165, 1.54) is 0 Å². The lowest BCUT2D eigenvalue weighted by atomic mass is 10.0. The van der Waals surface area contributed by atoms with Gasteiger partial charge in [0.25, 0.3) is 0 Å². The van der Waals surface area contributed by atoms with E-state index in [4.69, 9.17) is 15.0 Å². The second-order valence-electron chi connectivity index (χ2n) is 4.24. The summed E-state index contributed by atoms with van der Waals surface area (Å²) in [6, 6.07) is 10.8. The number of hydrogen-bond donors (Lipinski definition) is 1. The van der Waals surface area contributed by atoms with E-state index in [1.54, 1.807) is 24.5 Å². The highest BCUT2D eigenvalue weighted by Crippen LogP contribution is 2.33. The standard InChI is InChI=1S/C14H12N2O3/c15-16-11(12-6-3-7-18-12)8-13-9-4-1-2-5-10(9)14(17)19-13/h1-7,13H,8,15H2/b16-11+/t13-/m1/s1. The average Bonchev–Trinajstić information content (AvgIpc) is 3.06. The first-order valence-electron chi connectivity index (χ1n) is 5.90. The Morgan fingerprint density at radius 3 is 2.84 bits per heavy atom. The summed E-state index contributed by atoms with van der Waals surface area (Å²) in [7, 11) is 0. The highest BCUT2D eigenvalue weighted by Gasteiger charge is 2.32. The van der Waals surface area contributed by atoms with Crippen molar-refractivity contribution < 1.29 is 13.9 Å². The SMILES string of the molecule is N/N=C(\C[C@H]1OC(=O)c2ccccc21)c1ccco1. The summed E-state index contributed by atoms with van der Waals surface area (Å²) in [6.07, 6.45) is 1.58. The first-order chi connectivity index (χ1) is 9.29. The highest BCUT2D eigenvalue weighted by molar-refractivity contribution is 6.00. The Bertz CT molecular complexity index is 632. The zero-order valence-electron chi connectivity index (χ0n) is 10.1. The number of esters is 1. The Labute approximate surface area is 109 Å². The number of nitrogens with two attached hydrogens (primary N) is 1. The van der Waals surface area contributed by atoms with Crippen molar-refractivity contribution in [3.05, 3.63) is 59.5 Å². The molecule has 0 amide bonds. The molecule has 0 saturated carbocycles. The zero-order valence-corrected chi connectivity index (χ0v) is 10.1. The van der Waals surface area contributed by atoms with Crippen LogP contribution in [0.3, 0.4) is 0 Å². The molecule has 5 nitrogen and oxygen atoms in total. The molecular weight excluding hydrogens is 244 g/mol. The summed E-state index contributed by atoms with van der Waals surface area (Å²) in [6.45, 7) is 0. The molecule has 19 heavy (non-hydrogen) atoms. The lowest BCUT2D eigenvalue weighted by molar-refractivity contribution is 0.0400. The van der Waals surface area contributed by atoms with Gasteiger partial charge in [0.15, 0.2) is 0 Å². The van der Waals surface area contributed by atoms with Crippen LogP contribution in [0.5, 0.6) is 0 Å². The van der Waals surface area contributed by atoms with E-state index in [0.29, 0.717) is 23.5 Å². The predicted molar refractivity (Wildman–Crippen MR) is 68.6 cm³/mol. The molecule has 96 valence electrons. The fraction of sp³-hybridized carbons (Fsp3) is 0.143. The molecule has 1 aromatic heterocycles. The smallest absolute Gasteiger partial charge is 0.339 e. The molecule has 1 aliphatic rings. The molecule has 0 spiro atoms. The molecule has 1 atom stereocenters. The van der Waals surface area contributed by atoms with Gasteiger partial charge in [0.1, 0.15) is 17.6 Å². The molecule has 5 heteroatoms. The van der Waals surface area contributed by atoms with Gasteiger partial charge in [-0.3, -0.25) is 0 Å². The fourth-order valence-electron chi connectivity index (χ4n) is 2.21. The van der Waals surface area contributed by atoms with Crippen LogP contribution in [-0.4, -0.2) is 11.7 Å². The Hall–Kier alpha value is -2.56. The third-order valence-electron chi connectivity index (χ3n) is 3.12. The Morgan fingerprint density at radius 1 is 1.26 bits per heavy atom. The van der Waals surface area contributed by atoms with Gasteiger partial charge in [-0.25, -0.2) is 4.79 Å². The number of hydrazone groups is 1. The van der Waals surface area contributed by atoms with Crippen LogP contribution in [0.2, 0.25) is 0 Å². The van der Waals surface area contributed by atoms with Crippen LogP contribution in [0.4, 0.5) is 0 Å². The van der Waals surface area contributed by atoms with Crippen LogP contribution in [-0.2, 0) is 4.74 Å². The molecule has 0 fully saturated rings. The number of furan rings is 1. The molecular formula is C14H12N2O3. The van der Waals surface area contributed by atoms with Crippen LogP contribution < -0.4 is 5.84 Å². The van der Waals surface area contributed by atoms with E-state index < -0.39 is 0 Å². The van der Waals surface area contributed by atoms with Gasteiger partial charge in [-0.05, 0) is 18.2 Å². The maximum atomic E-state index is 11.7. The van der Waals surface area contributed by atoms with Gasteiger partial charge >= 0.3 is 5.97 Å². The molecule has 0 bridgehead atoms. The number of ether oxygens (including phenoxy) is 1. The van der Waals surface area contributed by atoms with Crippen LogP contribution >= 0.6 is 0 Å². The number of carbonyl (C=O) groups is 1. The van der Waals surface area contributed by atoms with Crippen LogP contribution in [0.15, 0.2) is 52.2 Å². The van der Waals surface area contributed by atoms with Gasteiger partial charge in [-0.15, -0.1) is 0 Å². The summed E-state index contributed by atoms with van der Waals surface area (Å²) in [5.74, 6) is 5.66. The quantitative estimate of drug-likeness (QED) is 0.395. The summed E-state index contributed by atoms with van der Waals surface area (Å²) < 4.78 is 10.6. The number of cyclic esters (lactones) is 1. The van der Waals surface area contributed by atoms with Gasteiger partial charge in [0.05, 0.1) is 11.8 Å². The first kappa shape index (κ1) is 11.5. The van der Waals surface area contributed by atoms with Crippen LogP contribution in [0.25, 0.3) is 0 Å². The molecule has 2 heterocycles. The summed E-state index contributed by atoms with van der Waals surface area (Å²) in [5.41, 5.74) is 2.03. The van der Waals surface area contributed by atoms with Crippen LogP contribution in [0.1, 0.15) is 34.2 Å². The Balaban J connectivity index is 1.88. The van der Waals surface area contributed by atoms with E-state index in [1.807, 2.05) is 18.2 Å². The maximum absolute atomic E-state index is 11.7. The van der Waals surface area contributed by atoms with E-state index in [0.717, 1.165) is 5.56 Å². The highest BCUT2D eigenvalue weighted by atomic mass is 16.5. The van der Waals surface area contributed by atoms with Crippen molar-refractivity contribution in [2.45, 2.75) is 12.5 Å². The Morgan fingerprint density at radius 2 is 2.11 bits per heavy atom. The molecule has 3 rings (SSSR count). The molecule has 0 radical (unpaired) electrons. The lowest BCUT2D eigenvalue weighted by Crippen LogP contribution is -2.10. The van der Waals surface area contributed by atoms with Crippen molar-refractivity contribution in [1.82, 2.24) is 0 Å². The monoisotopic (exact) mass is 256 g/mol. The van der Waals surface area contributed by atoms with Crippen molar-refractivity contribution in [1.29, 1.82) is 0 Å². The minimum Gasteiger partial charge on any atom is -0.463 e. The number of hydrogen-bond acceptors (Lipinski definition) is 5. The molecule has 0 aliphatic carbocycles. The summed E-state index contributed by atoms with van der Waals surface area (Å²) in [4.78, 5) is 11.7. The van der Waals surface area contributed by atoms with Crippen molar-refractivity contribution in [2.75, 3.05) is 0 Å². The Kier molecular flexibility index (Phi) is 2.79. The maximum Gasteiger partial charge on any atom is 0.339 e. The minimum absolute atomic E-state index is 0.309. The van der Waals surface area contributed by atoms with Crippen molar-refractivity contribution in [2.24, 2.45) is 10.9 Å². The van der Waals surface area contributed by atoms with E-state index in [9.17, 15) is 4.79 Å². The van der Waals surface area contributed by atoms with E-state index in [-0.39, 0.29) is 12.1 Å². The van der Waals surface area contributed by atoms with Crippen LogP contribution in [0, 0.1) is 0 Å². The first-order valence-corrected chi connectivity index (χ1v) is 5.90. The van der Waals surface area contributed by atoms with Crippen molar-refractivity contribution in [3.63, 3.8) is 0 Å². The normalized spacial score (nSPS) is 18.2. The summed E-state index contributed by atoms with van der Waals surface area (Å²) >= 11 is 0. The van der Waals surface area contributed by atoms with E-state index >= 15 is 0 Å². The summed E-state index contributed by atoms with van der Waals surface area (Å²) in [5, 5.41) is 3.72. The second-order valence-corrected chi connectivity index (χ2v) is 4.24. The van der Waals surface area contributed by atoms with Gasteiger partial charge < -0.3 is 15.0 Å².